The Morgan fingerprint density at radius 3 is 1.19 bits per heavy atom. The van der Waals surface area contributed by atoms with Crippen molar-refractivity contribution in [3.63, 3.8) is 0 Å². The van der Waals surface area contributed by atoms with Crippen LogP contribution in [0.15, 0.2) is 133 Å². The van der Waals surface area contributed by atoms with Gasteiger partial charge in [-0.25, -0.2) is 0 Å². The average molecular weight is 677 g/mol. The molecule has 0 saturated heterocycles. The molecule has 52 heavy (non-hydrogen) atoms. The van der Waals surface area contributed by atoms with Crippen LogP contribution in [0.25, 0.3) is 43.8 Å². The van der Waals surface area contributed by atoms with Crippen LogP contribution in [0.1, 0.15) is 63.8 Å². The van der Waals surface area contributed by atoms with Crippen molar-refractivity contribution in [3.05, 3.63) is 156 Å². The van der Waals surface area contributed by atoms with Gasteiger partial charge in [-0.05, 0) is 126 Å². The van der Waals surface area contributed by atoms with Crippen LogP contribution in [-0.2, 0) is 23.7 Å². The number of nitrogens with zero attached hydrogens (tertiary/aromatic N) is 2. The van der Waals surface area contributed by atoms with E-state index in [-0.39, 0.29) is 10.8 Å². The van der Waals surface area contributed by atoms with Crippen LogP contribution in [0.4, 0.5) is 22.7 Å². The molecule has 0 atom stereocenters. The fraction of sp³-hybridized carbons (Fsp3) is 0.240. The van der Waals surface area contributed by atoms with Crippen molar-refractivity contribution in [1.82, 2.24) is 0 Å². The molecule has 7 aromatic carbocycles. The zero-order valence-electron chi connectivity index (χ0n) is 31.4. The molecular formula is C50H48N2. The summed E-state index contributed by atoms with van der Waals surface area (Å²) in [5.41, 5.74) is 16.3. The first-order chi connectivity index (χ1) is 25.0. The standard InChI is InChI=1S/C50H48N2/c1-49(2,3)37-17-23-45-35(29-37)25-27-51(45)39-19-21-41-43(31-39)47(33-13-9-7-10-14-33)42-22-20-40(32-44(42)48(41)34-15-11-8-12-16-34)52-28-26-36-30-38(50(4,5)6)18-24-46(36)52/h7-24,29-32H,25-28H2,1-6H3. The predicted molar refractivity (Wildman–Crippen MR) is 224 cm³/mol. The van der Waals surface area contributed by atoms with Gasteiger partial charge in [-0.15, -0.1) is 0 Å². The second-order valence-electron chi connectivity index (χ2n) is 16.9. The molecule has 0 amide bonds. The van der Waals surface area contributed by atoms with E-state index < -0.39 is 0 Å². The number of benzene rings is 7. The van der Waals surface area contributed by atoms with Crippen LogP contribution in [0.2, 0.25) is 0 Å². The van der Waals surface area contributed by atoms with E-state index in [4.69, 9.17) is 0 Å². The van der Waals surface area contributed by atoms with Crippen LogP contribution in [0, 0.1) is 0 Å². The van der Waals surface area contributed by atoms with Gasteiger partial charge < -0.3 is 9.80 Å². The maximum atomic E-state index is 2.53. The second kappa shape index (κ2) is 12.1. The minimum Gasteiger partial charge on any atom is -0.341 e. The van der Waals surface area contributed by atoms with Crippen molar-refractivity contribution >= 4 is 44.3 Å². The Morgan fingerprint density at radius 2 is 0.808 bits per heavy atom. The smallest absolute Gasteiger partial charge is 0.0444 e. The van der Waals surface area contributed by atoms with Gasteiger partial charge in [0.05, 0.1) is 0 Å². The summed E-state index contributed by atoms with van der Waals surface area (Å²) >= 11 is 0. The zero-order valence-corrected chi connectivity index (χ0v) is 31.4. The highest BCUT2D eigenvalue weighted by atomic mass is 15.2. The Bertz CT molecular complexity index is 2300. The van der Waals surface area contributed by atoms with Gasteiger partial charge in [0.2, 0.25) is 0 Å². The highest BCUT2D eigenvalue weighted by Crippen LogP contribution is 2.48. The monoisotopic (exact) mass is 676 g/mol. The van der Waals surface area contributed by atoms with Crippen LogP contribution in [0.5, 0.6) is 0 Å². The van der Waals surface area contributed by atoms with Crippen molar-refractivity contribution in [2.75, 3.05) is 22.9 Å². The molecule has 9 rings (SSSR count). The normalized spacial score (nSPS) is 14.3. The summed E-state index contributed by atoms with van der Waals surface area (Å²) in [5.74, 6) is 0. The first-order valence-corrected chi connectivity index (χ1v) is 19.0. The van der Waals surface area contributed by atoms with Gasteiger partial charge in [-0.1, -0.05) is 139 Å². The Hall–Kier alpha value is -5.34. The molecule has 2 heterocycles. The Labute approximate surface area is 309 Å². The third kappa shape index (κ3) is 5.48. The lowest BCUT2D eigenvalue weighted by Gasteiger charge is -2.25. The topological polar surface area (TPSA) is 6.48 Å². The summed E-state index contributed by atoms with van der Waals surface area (Å²) in [6, 6.07) is 50.7. The third-order valence-electron chi connectivity index (χ3n) is 11.5. The molecule has 7 aromatic rings. The fourth-order valence-corrected chi connectivity index (χ4v) is 8.64. The van der Waals surface area contributed by atoms with Gasteiger partial charge in [0.15, 0.2) is 0 Å². The lowest BCUT2D eigenvalue weighted by molar-refractivity contribution is 0.589. The molecule has 0 spiro atoms. The van der Waals surface area contributed by atoms with Crippen LogP contribution in [-0.4, -0.2) is 13.1 Å². The van der Waals surface area contributed by atoms with Gasteiger partial charge in [-0.2, -0.15) is 0 Å². The van der Waals surface area contributed by atoms with Gasteiger partial charge >= 0.3 is 0 Å². The molecule has 0 fully saturated rings. The lowest BCUT2D eigenvalue weighted by Crippen LogP contribution is -2.14. The minimum atomic E-state index is 0.138. The van der Waals surface area contributed by atoms with E-state index in [0.717, 1.165) is 25.9 Å². The molecule has 2 aliphatic heterocycles. The lowest BCUT2D eigenvalue weighted by atomic mass is 9.85. The molecule has 2 aliphatic rings. The molecule has 258 valence electrons. The van der Waals surface area contributed by atoms with Gasteiger partial charge in [0, 0.05) is 35.8 Å². The molecule has 2 nitrogen and oxygen atoms in total. The molecule has 0 aromatic heterocycles. The van der Waals surface area contributed by atoms with Crippen molar-refractivity contribution < 1.29 is 0 Å². The van der Waals surface area contributed by atoms with Crippen molar-refractivity contribution in [2.24, 2.45) is 0 Å². The van der Waals surface area contributed by atoms with Gasteiger partial charge in [0.25, 0.3) is 0 Å². The largest absolute Gasteiger partial charge is 0.341 e. The van der Waals surface area contributed by atoms with E-state index in [0.29, 0.717) is 0 Å². The maximum Gasteiger partial charge on any atom is 0.0444 e. The fourth-order valence-electron chi connectivity index (χ4n) is 8.64. The molecule has 0 unspecified atom stereocenters. The molecule has 2 heteroatoms. The number of hydrogen-bond donors (Lipinski definition) is 0. The molecule has 0 N–H and O–H groups in total. The SMILES string of the molecule is CC(C)(C)c1ccc2c(c1)CCN2c1ccc2c(-c3ccccc3)c3cc(N4CCc5cc(C(C)(C)C)ccc54)ccc3c(-c3ccccc3)c2c1. The average Bonchev–Trinajstić information content (AvgIpc) is 3.77. The quantitative estimate of drug-likeness (QED) is 0.171. The number of anilines is 4. The van der Waals surface area contributed by atoms with E-state index in [9.17, 15) is 0 Å². The van der Waals surface area contributed by atoms with Crippen LogP contribution in [0.3, 0.4) is 0 Å². The summed E-state index contributed by atoms with van der Waals surface area (Å²) in [6.45, 7) is 15.8. The van der Waals surface area contributed by atoms with E-state index in [2.05, 4.69) is 185 Å². The molecule has 0 radical (unpaired) electrons. The first-order valence-electron chi connectivity index (χ1n) is 19.0. The van der Waals surface area contributed by atoms with Crippen LogP contribution >= 0.6 is 0 Å². The van der Waals surface area contributed by atoms with E-state index in [1.165, 1.54) is 88.8 Å². The Morgan fingerprint density at radius 1 is 0.404 bits per heavy atom. The number of fused-ring (bicyclic) bond motifs is 4. The van der Waals surface area contributed by atoms with Crippen molar-refractivity contribution in [3.8, 4) is 22.3 Å². The third-order valence-corrected chi connectivity index (χ3v) is 11.5. The Balaban J connectivity index is 1.26. The van der Waals surface area contributed by atoms with Crippen LogP contribution < -0.4 is 9.80 Å². The van der Waals surface area contributed by atoms with E-state index >= 15 is 0 Å². The molecule has 0 aliphatic carbocycles. The summed E-state index contributed by atoms with van der Waals surface area (Å²) < 4.78 is 0. The highest BCUT2D eigenvalue weighted by Gasteiger charge is 2.27. The molecular weight excluding hydrogens is 629 g/mol. The van der Waals surface area contributed by atoms with E-state index in [1.54, 1.807) is 0 Å². The summed E-state index contributed by atoms with van der Waals surface area (Å²) in [5, 5.41) is 5.17. The Kier molecular flexibility index (Phi) is 7.59. The summed E-state index contributed by atoms with van der Waals surface area (Å²) in [7, 11) is 0. The minimum absolute atomic E-state index is 0.138. The van der Waals surface area contributed by atoms with Crippen molar-refractivity contribution in [2.45, 2.75) is 65.2 Å². The second-order valence-corrected chi connectivity index (χ2v) is 16.9. The maximum absolute atomic E-state index is 2.53. The molecule has 0 saturated carbocycles. The summed E-state index contributed by atoms with van der Waals surface area (Å²) in [4.78, 5) is 5.06. The van der Waals surface area contributed by atoms with Crippen molar-refractivity contribution in [1.29, 1.82) is 0 Å². The first kappa shape index (κ1) is 32.6. The number of hydrogen-bond acceptors (Lipinski definition) is 2. The van der Waals surface area contributed by atoms with Gasteiger partial charge in [-0.3, -0.25) is 0 Å². The highest BCUT2D eigenvalue weighted by molar-refractivity contribution is 6.22. The predicted octanol–water partition coefficient (Wildman–Crippen LogP) is 13.3. The van der Waals surface area contributed by atoms with E-state index in [1.807, 2.05) is 0 Å². The summed E-state index contributed by atoms with van der Waals surface area (Å²) in [6.07, 6.45) is 2.13. The van der Waals surface area contributed by atoms with Gasteiger partial charge in [0.1, 0.15) is 0 Å². The number of rotatable bonds is 4. The zero-order chi connectivity index (χ0) is 35.8. The molecule has 0 bridgehead atoms.